The second kappa shape index (κ2) is 6.93. The Bertz CT molecular complexity index is 973. The molecule has 0 amide bonds. The number of carbonyl (C=O) groups excluding carboxylic acids is 1. The van der Waals surface area contributed by atoms with Gasteiger partial charge in [-0.05, 0) is 29.8 Å². The summed E-state index contributed by atoms with van der Waals surface area (Å²) in [6, 6.07) is 20.5. The van der Waals surface area contributed by atoms with Crippen LogP contribution in [0.1, 0.15) is 16.7 Å². The van der Waals surface area contributed by atoms with Crippen molar-refractivity contribution in [2.24, 2.45) is 0 Å². The second-order valence-corrected chi connectivity index (χ2v) is 6.43. The van der Waals surface area contributed by atoms with Crippen molar-refractivity contribution in [1.82, 2.24) is 0 Å². The van der Waals surface area contributed by atoms with E-state index >= 15 is 0 Å². The number of esters is 1. The fourth-order valence-corrected chi connectivity index (χ4v) is 3.80. The molecule has 3 aromatic carbocycles. The third kappa shape index (κ3) is 2.51. The van der Waals surface area contributed by atoms with Gasteiger partial charge in [0.2, 0.25) is 0 Å². The lowest BCUT2D eigenvalue weighted by atomic mass is 9.67. The van der Waals surface area contributed by atoms with E-state index in [0.29, 0.717) is 34.1 Å². The van der Waals surface area contributed by atoms with E-state index in [1.54, 1.807) is 26.4 Å². The first-order chi connectivity index (χ1) is 13.6. The summed E-state index contributed by atoms with van der Waals surface area (Å²) < 4.78 is 22.2. The number of ether oxygens (including phenoxy) is 4. The number of methoxy groups -OCH3 is 3. The van der Waals surface area contributed by atoms with Crippen LogP contribution in [0.3, 0.4) is 0 Å². The van der Waals surface area contributed by atoms with Crippen LogP contribution in [0, 0.1) is 0 Å². The summed E-state index contributed by atoms with van der Waals surface area (Å²) in [5.74, 6) is 1.96. The van der Waals surface area contributed by atoms with Gasteiger partial charge in [-0.15, -0.1) is 0 Å². The first-order valence-corrected chi connectivity index (χ1v) is 8.84. The molecule has 0 fully saturated rings. The Hall–Kier alpha value is -3.47. The molecule has 5 nitrogen and oxygen atoms in total. The monoisotopic (exact) mass is 376 g/mol. The molecule has 0 unspecified atom stereocenters. The van der Waals surface area contributed by atoms with Gasteiger partial charge in [-0.2, -0.15) is 0 Å². The Balaban J connectivity index is 2.11. The van der Waals surface area contributed by atoms with Gasteiger partial charge >= 0.3 is 5.97 Å². The maximum atomic E-state index is 13.4. The van der Waals surface area contributed by atoms with Crippen LogP contribution in [0.4, 0.5) is 0 Å². The summed E-state index contributed by atoms with van der Waals surface area (Å²) >= 11 is 0. The van der Waals surface area contributed by atoms with Crippen LogP contribution in [-0.4, -0.2) is 27.3 Å². The molecule has 1 aliphatic rings. The number of rotatable bonds is 4. The van der Waals surface area contributed by atoms with Crippen LogP contribution in [0.2, 0.25) is 0 Å². The summed E-state index contributed by atoms with van der Waals surface area (Å²) in [5, 5.41) is 0. The van der Waals surface area contributed by atoms with Gasteiger partial charge < -0.3 is 18.9 Å². The molecule has 142 valence electrons. The minimum absolute atomic E-state index is 0.389. The summed E-state index contributed by atoms with van der Waals surface area (Å²) in [4.78, 5) is 13.4. The first kappa shape index (κ1) is 17.9. The molecular weight excluding hydrogens is 356 g/mol. The molecule has 0 spiro atoms. The minimum atomic E-state index is -1.17. The fraction of sp³-hybridized carbons (Fsp3) is 0.174. The average molecular weight is 376 g/mol. The summed E-state index contributed by atoms with van der Waals surface area (Å²) in [6.45, 7) is 0. The van der Waals surface area contributed by atoms with E-state index in [-0.39, 0.29) is 5.97 Å². The number of fused-ring (bicyclic) bond motifs is 2. The van der Waals surface area contributed by atoms with Gasteiger partial charge in [0, 0.05) is 23.3 Å². The van der Waals surface area contributed by atoms with E-state index in [2.05, 4.69) is 0 Å². The lowest BCUT2D eigenvalue weighted by Crippen LogP contribution is -2.41. The molecule has 0 bridgehead atoms. The zero-order valence-corrected chi connectivity index (χ0v) is 15.9. The Morgan fingerprint density at radius 3 is 1.79 bits per heavy atom. The van der Waals surface area contributed by atoms with Crippen molar-refractivity contribution in [2.75, 3.05) is 21.3 Å². The van der Waals surface area contributed by atoms with Crippen molar-refractivity contribution in [3.63, 3.8) is 0 Å². The Morgan fingerprint density at radius 2 is 1.32 bits per heavy atom. The molecule has 1 heterocycles. The van der Waals surface area contributed by atoms with Gasteiger partial charge in [0.1, 0.15) is 28.4 Å². The van der Waals surface area contributed by atoms with Crippen LogP contribution in [0.5, 0.6) is 23.0 Å². The van der Waals surface area contributed by atoms with Crippen molar-refractivity contribution in [3.8, 4) is 23.0 Å². The molecule has 28 heavy (non-hydrogen) atoms. The highest BCUT2D eigenvalue weighted by Gasteiger charge is 2.51. The predicted octanol–water partition coefficient (Wildman–Crippen LogP) is 4.32. The average Bonchev–Trinajstić information content (AvgIpc) is 2.76. The van der Waals surface area contributed by atoms with Crippen molar-refractivity contribution >= 4 is 5.97 Å². The normalized spacial score (nSPS) is 13.5. The molecular formula is C23H20O5. The zero-order chi connectivity index (χ0) is 19.7. The third-order valence-corrected chi connectivity index (χ3v) is 5.10. The van der Waals surface area contributed by atoms with E-state index in [1.165, 1.54) is 7.11 Å². The highest BCUT2D eigenvalue weighted by atomic mass is 16.5. The molecule has 0 radical (unpaired) electrons. The Morgan fingerprint density at radius 1 is 0.786 bits per heavy atom. The zero-order valence-electron chi connectivity index (χ0n) is 15.9. The smallest absolute Gasteiger partial charge is 0.325 e. The molecule has 0 N–H and O–H groups in total. The van der Waals surface area contributed by atoms with Crippen LogP contribution < -0.4 is 14.2 Å². The summed E-state index contributed by atoms with van der Waals surface area (Å²) in [7, 11) is 4.58. The van der Waals surface area contributed by atoms with Crippen molar-refractivity contribution in [1.29, 1.82) is 0 Å². The highest BCUT2D eigenvalue weighted by Crippen LogP contribution is 2.53. The van der Waals surface area contributed by atoms with Crippen LogP contribution in [-0.2, 0) is 14.9 Å². The Labute approximate surface area is 163 Å². The maximum absolute atomic E-state index is 13.4. The van der Waals surface area contributed by atoms with Gasteiger partial charge in [-0.3, -0.25) is 4.79 Å². The molecule has 4 rings (SSSR count). The van der Waals surface area contributed by atoms with Crippen molar-refractivity contribution in [3.05, 3.63) is 83.4 Å². The van der Waals surface area contributed by atoms with E-state index in [0.717, 1.165) is 5.56 Å². The largest absolute Gasteiger partial charge is 0.497 e. The number of carbonyl (C=O) groups is 1. The number of hydrogen-bond acceptors (Lipinski definition) is 5. The maximum Gasteiger partial charge on any atom is 0.325 e. The summed E-state index contributed by atoms with van der Waals surface area (Å²) in [6.07, 6.45) is 0. The molecule has 0 saturated heterocycles. The van der Waals surface area contributed by atoms with Crippen LogP contribution in [0.15, 0.2) is 66.7 Å². The number of benzene rings is 3. The summed E-state index contributed by atoms with van der Waals surface area (Å²) in [5.41, 5.74) is 1.02. The predicted molar refractivity (Wildman–Crippen MR) is 104 cm³/mol. The quantitative estimate of drug-likeness (QED) is 0.635. The lowest BCUT2D eigenvalue weighted by Gasteiger charge is -2.38. The second-order valence-electron chi connectivity index (χ2n) is 6.43. The van der Waals surface area contributed by atoms with E-state index in [9.17, 15) is 4.79 Å². The van der Waals surface area contributed by atoms with Gasteiger partial charge in [0.25, 0.3) is 0 Å². The Kier molecular flexibility index (Phi) is 4.43. The topological polar surface area (TPSA) is 54.0 Å². The SMILES string of the molecule is COC(=O)C1(c2ccccc2)c2ccc(OC)cc2Oc2cc(OC)ccc21. The molecule has 5 heteroatoms. The van der Waals surface area contributed by atoms with Crippen LogP contribution >= 0.6 is 0 Å². The van der Waals surface area contributed by atoms with Crippen molar-refractivity contribution in [2.45, 2.75) is 5.41 Å². The first-order valence-electron chi connectivity index (χ1n) is 8.84. The molecule has 0 aliphatic carbocycles. The molecule has 0 saturated carbocycles. The molecule has 3 aromatic rings. The molecule has 1 aliphatic heterocycles. The van der Waals surface area contributed by atoms with Crippen LogP contribution in [0.25, 0.3) is 0 Å². The standard InChI is InChI=1S/C23H20O5/c1-25-16-9-11-18-20(13-16)28-21-14-17(26-2)10-12-19(21)23(18,22(24)27-3)15-7-5-4-6-8-15/h4-14H,1-3H3. The van der Waals surface area contributed by atoms with Gasteiger partial charge in [-0.1, -0.05) is 30.3 Å². The highest BCUT2D eigenvalue weighted by molar-refractivity contribution is 5.95. The number of hydrogen-bond donors (Lipinski definition) is 0. The van der Waals surface area contributed by atoms with E-state index in [4.69, 9.17) is 18.9 Å². The van der Waals surface area contributed by atoms with Gasteiger partial charge in [0.05, 0.1) is 21.3 Å². The fourth-order valence-electron chi connectivity index (χ4n) is 3.80. The molecule has 0 aromatic heterocycles. The van der Waals surface area contributed by atoms with Crippen molar-refractivity contribution < 1.29 is 23.7 Å². The van der Waals surface area contributed by atoms with Gasteiger partial charge in [0.15, 0.2) is 0 Å². The van der Waals surface area contributed by atoms with Gasteiger partial charge in [-0.25, -0.2) is 0 Å². The molecule has 0 atom stereocenters. The van der Waals surface area contributed by atoms with E-state index < -0.39 is 5.41 Å². The third-order valence-electron chi connectivity index (χ3n) is 5.10. The lowest BCUT2D eigenvalue weighted by molar-refractivity contribution is -0.144. The van der Waals surface area contributed by atoms with E-state index in [1.807, 2.05) is 54.6 Å². The minimum Gasteiger partial charge on any atom is -0.497 e.